The van der Waals surface area contributed by atoms with Crippen molar-refractivity contribution in [3.63, 3.8) is 0 Å². The molecule has 0 saturated carbocycles. The van der Waals surface area contributed by atoms with Crippen LogP contribution in [0.25, 0.3) is 0 Å². The average molecular weight is 303 g/mol. The molecule has 0 radical (unpaired) electrons. The third kappa shape index (κ3) is 4.04. The fourth-order valence-electron chi connectivity index (χ4n) is 1.92. The zero-order valence-electron chi connectivity index (χ0n) is 12.2. The molecule has 8 heteroatoms. The van der Waals surface area contributed by atoms with Gasteiger partial charge >= 0.3 is 5.97 Å². The number of hydrogen-bond acceptors (Lipinski definition) is 5. The molecule has 1 heterocycles. The first kappa shape index (κ1) is 16.6. The fraction of sp³-hybridized carbons (Fsp3) is 0.667. The summed E-state index contributed by atoms with van der Waals surface area (Å²) in [5.74, 6) is -0.713. The summed E-state index contributed by atoms with van der Waals surface area (Å²) < 4.78 is 32.0. The predicted molar refractivity (Wildman–Crippen MR) is 73.9 cm³/mol. The molecule has 0 aliphatic carbocycles. The Morgan fingerprint density at radius 2 is 2.10 bits per heavy atom. The normalized spacial score (nSPS) is 12.4. The number of sulfonamides is 1. The maximum Gasteiger partial charge on any atom is 0.342 e. The van der Waals surface area contributed by atoms with Crippen molar-refractivity contribution in [1.82, 2.24) is 14.9 Å². The second kappa shape index (κ2) is 6.36. The lowest BCUT2D eigenvalue weighted by molar-refractivity contribution is 0.0521. The summed E-state index contributed by atoms with van der Waals surface area (Å²) in [4.78, 5) is 11.7. The van der Waals surface area contributed by atoms with E-state index in [4.69, 9.17) is 4.74 Å². The van der Waals surface area contributed by atoms with Gasteiger partial charge in [0.05, 0.1) is 12.8 Å². The van der Waals surface area contributed by atoms with Crippen LogP contribution in [-0.4, -0.2) is 36.7 Å². The van der Waals surface area contributed by atoms with E-state index < -0.39 is 21.5 Å². The lowest BCUT2D eigenvalue weighted by Gasteiger charge is -2.25. The minimum absolute atomic E-state index is 0.0911. The molecule has 114 valence electrons. The van der Waals surface area contributed by atoms with Gasteiger partial charge in [-0.25, -0.2) is 17.9 Å². The van der Waals surface area contributed by atoms with Crippen LogP contribution in [0.2, 0.25) is 0 Å². The van der Waals surface area contributed by atoms with Crippen LogP contribution in [-0.2, 0) is 14.8 Å². The van der Waals surface area contributed by atoms with Gasteiger partial charge in [-0.3, -0.25) is 5.10 Å². The number of ether oxygens (including phenoxy) is 1. The highest BCUT2D eigenvalue weighted by Crippen LogP contribution is 2.18. The topological polar surface area (TPSA) is 101 Å². The van der Waals surface area contributed by atoms with Crippen LogP contribution >= 0.6 is 0 Å². The molecule has 0 aliphatic heterocycles. The molecule has 1 aromatic rings. The Bertz CT molecular complexity index is 563. The van der Waals surface area contributed by atoms with Crippen LogP contribution in [0.15, 0.2) is 11.2 Å². The Labute approximate surface area is 119 Å². The zero-order chi connectivity index (χ0) is 15.4. The highest BCUT2D eigenvalue weighted by Gasteiger charge is 2.31. The van der Waals surface area contributed by atoms with Gasteiger partial charge < -0.3 is 4.74 Å². The Balaban J connectivity index is 3.05. The third-order valence-corrected chi connectivity index (χ3v) is 4.32. The van der Waals surface area contributed by atoms with E-state index in [9.17, 15) is 13.2 Å². The summed E-state index contributed by atoms with van der Waals surface area (Å²) in [6, 6.07) is 0. The first-order valence-corrected chi connectivity index (χ1v) is 7.96. The molecule has 0 bridgehead atoms. The van der Waals surface area contributed by atoms with E-state index in [1.54, 1.807) is 20.8 Å². The number of aromatic nitrogens is 2. The molecule has 0 fully saturated rings. The van der Waals surface area contributed by atoms with Crippen molar-refractivity contribution in [2.45, 2.75) is 51.1 Å². The van der Waals surface area contributed by atoms with Crippen LogP contribution in [0.4, 0.5) is 0 Å². The highest BCUT2D eigenvalue weighted by atomic mass is 32.2. The maximum absolute atomic E-state index is 12.3. The van der Waals surface area contributed by atoms with Gasteiger partial charge in [0.15, 0.2) is 5.03 Å². The number of carbonyl (C=O) groups excluding carboxylic acids is 1. The maximum atomic E-state index is 12.3. The van der Waals surface area contributed by atoms with Gasteiger partial charge in [0.1, 0.15) is 5.56 Å². The van der Waals surface area contributed by atoms with Gasteiger partial charge in [0.2, 0.25) is 0 Å². The number of nitrogens with zero attached hydrogens (tertiary/aromatic N) is 1. The second-order valence-corrected chi connectivity index (χ2v) is 6.69. The molecule has 0 atom stereocenters. The van der Waals surface area contributed by atoms with Gasteiger partial charge in [0.25, 0.3) is 10.0 Å². The van der Waals surface area contributed by atoms with Crippen LogP contribution < -0.4 is 4.72 Å². The van der Waals surface area contributed by atoms with Crippen LogP contribution in [0.3, 0.4) is 0 Å². The van der Waals surface area contributed by atoms with Crippen LogP contribution in [0, 0.1) is 0 Å². The molecule has 0 spiro atoms. The summed E-state index contributed by atoms with van der Waals surface area (Å²) in [5.41, 5.74) is -0.698. The van der Waals surface area contributed by atoms with E-state index in [2.05, 4.69) is 14.9 Å². The Kier molecular flexibility index (Phi) is 5.29. The number of aromatic amines is 1. The molecule has 1 aromatic heterocycles. The van der Waals surface area contributed by atoms with E-state index in [0.29, 0.717) is 6.42 Å². The molecular weight excluding hydrogens is 282 g/mol. The molecule has 20 heavy (non-hydrogen) atoms. The number of carbonyl (C=O) groups is 1. The molecule has 0 aliphatic rings. The Morgan fingerprint density at radius 3 is 2.65 bits per heavy atom. The summed E-state index contributed by atoms with van der Waals surface area (Å²) >= 11 is 0. The monoisotopic (exact) mass is 303 g/mol. The van der Waals surface area contributed by atoms with Gasteiger partial charge in [-0.05, 0) is 27.2 Å². The standard InChI is InChI=1S/C12H21N3O4S/c1-5-7-12(3,4)15-20(17,18)10-9(8-13-14-10)11(16)19-6-2/h8,15H,5-7H2,1-4H3,(H,13,14). The lowest BCUT2D eigenvalue weighted by Crippen LogP contribution is -2.43. The van der Waals surface area contributed by atoms with E-state index in [1.165, 1.54) is 0 Å². The number of hydrogen-bond donors (Lipinski definition) is 2. The lowest BCUT2D eigenvalue weighted by atomic mass is 10.0. The first-order chi connectivity index (χ1) is 9.23. The molecular formula is C12H21N3O4S. The molecule has 0 saturated heterocycles. The quantitative estimate of drug-likeness (QED) is 0.742. The molecule has 1 rings (SSSR count). The van der Waals surface area contributed by atoms with Crippen molar-refractivity contribution in [1.29, 1.82) is 0 Å². The number of nitrogens with one attached hydrogen (secondary N) is 2. The minimum Gasteiger partial charge on any atom is -0.462 e. The van der Waals surface area contributed by atoms with E-state index in [1.807, 2.05) is 6.92 Å². The van der Waals surface area contributed by atoms with E-state index in [-0.39, 0.29) is 17.2 Å². The Morgan fingerprint density at radius 1 is 1.45 bits per heavy atom. The molecule has 2 N–H and O–H groups in total. The van der Waals surface area contributed by atoms with Gasteiger partial charge in [-0.15, -0.1) is 0 Å². The van der Waals surface area contributed by atoms with E-state index >= 15 is 0 Å². The molecule has 7 nitrogen and oxygen atoms in total. The first-order valence-electron chi connectivity index (χ1n) is 6.48. The number of H-pyrrole nitrogens is 1. The van der Waals surface area contributed by atoms with Crippen molar-refractivity contribution < 1.29 is 17.9 Å². The van der Waals surface area contributed by atoms with Crippen molar-refractivity contribution in [3.8, 4) is 0 Å². The highest BCUT2D eigenvalue weighted by molar-refractivity contribution is 7.89. The molecule has 0 amide bonds. The fourth-order valence-corrected chi connectivity index (χ4v) is 3.45. The van der Waals surface area contributed by atoms with Crippen molar-refractivity contribution >= 4 is 16.0 Å². The van der Waals surface area contributed by atoms with E-state index in [0.717, 1.165) is 12.6 Å². The summed E-state index contributed by atoms with van der Waals surface area (Å²) in [6.07, 6.45) is 2.66. The van der Waals surface area contributed by atoms with Crippen molar-refractivity contribution in [2.75, 3.05) is 6.61 Å². The minimum atomic E-state index is -3.86. The second-order valence-electron chi connectivity index (χ2n) is 5.07. The van der Waals surface area contributed by atoms with Crippen molar-refractivity contribution in [2.24, 2.45) is 0 Å². The predicted octanol–water partition coefficient (Wildman–Crippen LogP) is 1.44. The smallest absolute Gasteiger partial charge is 0.342 e. The van der Waals surface area contributed by atoms with Crippen LogP contribution in [0.5, 0.6) is 0 Å². The summed E-state index contributed by atoms with van der Waals surface area (Å²) in [5, 5.41) is 5.71. The summed E-state index contributed by atoms with van der Waals surface area (Å²) in [7, 11) is -3.86. The Hall–Kier alpha value is -1.41. The molecule has 0 unspecified atom stereocenters. The zero-order valence-corrected chi connectivity index (χ0v) is 13.0. The number of esters is 1. The van der Waals surface area contributed by atoms with Gasteiger partial charge in [0, 0.05) is 5.54 Å². The largest absolute Gasteiger partial charge is 0.462 e. The van der Waals surface area contributed by atoms with Crippen molar-refractivity contribution in [3.05, 3.63) is 11.8 Å². The SMILES string of the molecule is CCCC(C)(C)NS(=O)(=O)c1[nH]ncc1C(=O)OCC. The van der Waals surface area contributed by atoms with Gasteiger partial charge in [-0.2, -0.15) is 5.10 Å². The summed E-state index contributed by atoms with van der Waals surface area (Å²) in [6.45, 7) is 7.35. The van der Waals surface area contributed by atoms with Gasteiger partial charge in [-0.1, -0.05) is 13.3 Å². The third-order valence-electron chi connectivity index (χ3n) is 2.65. The molecule has 0 aromatic carbocycles. The van der Waals surface area contributed by atoms with Crippen LogP contribution in [0.1, 0.15) is 50.9 Å². The average Bonchev–Trinajstić information content (AvgIpc) is 2.76. The number of rotatable bonds is 7.